The Bertz CT molecular complexity index is 512. The Kier molecular flexibility index (Phi) is 1.92. The van der Waals surface area contributed by atoms with Crippen molar-refractivity contribution >= 4 is 0 Å². The molecule has 0 amide bonds. The molecule has 0 aliphatic carbocycles. The van der Waals surface area contributed by atoms with Gasteiger partial charge in [-0.15, -0.1) is 0 Å². The van der Waals surface area contributed by atoms with Gasteiger partial charge in [0.25, 0.3) is 11.5 Å². The summed E-state index contributed by atoms with van der Waals surface area (Å²) in [6, 6.07) is 3.29. The number of nitrogens with one attached hydrogen (secondary N) is 1. The van der Waals surface area contributed by atoms with E-state index in [1.165, 1.54) is 10.7 Å². The molecule has 0 saturated heterocycles. The first-order chi connectivity index (χ1) is 6.66. The Morgan fingerprint density at radius 1 is 1.43 bits per heavy atom. The van der Waals surface area contributed by atoms with E-state index in [1.807, 2.05) is 13.8 Å². The molecule has 2 aromatic heterocycles. The highest BCUT2D eigenvalue weighted by atomic mass is 16.1. The van der Waals surface area contributed by atoms with Crippen molar-refractivity contribution in [2.75, 3.05) is 0 Å². The van der Waals surface area contributed by atoms with Gasteiger partial charge in [0.2, 0.25) is 0 Å². The van der Waals surface area contributed by atoms with Crippen molar-refractivity contribution in [2.24, 2.45) is 0 Å². The van der Waals surface area contributed by atoms with E-state index >= 15 is 0 Å². The Morgan fingerprint density at radius 3 is 2.79 bits per heavy atom. The maximum Gasteiger partial charge on any atom is 0.274 e. The molecule has 0 unspecified atom stereocenters. The lowest BCUT2D eigenvalue weighted by Gasteiger charge is -1.99. The fourth-order valence-corrected chi connectivity index (χ4v) is 1.21. The van der Waals surface area contributed by atoms with Crippen molar-refractivity contribution in [3.63, 3.8) is 0 Å². The van der Waals surface area contributed by atoms with Crippen molar-refractivity contribution < 1.29 is 0 Å². The summed E-state index contributed by atoms with van der Waals surface area (Å²) in [4.78, 5) is 19.5. The van der Waals surface area contributed by atoms with Gasteiger partial charge in [0.15, 0.2) is 0 Å². The second-order valence-electron chi connectivity index (χ2n) is 3.11. The highest BCUT2D eigenvalue weighted by Crippen LogP contribution is 1.97. The fourth-order valence-electron chi connectivity index (χ4n) is 1.21. The highest BCUT2D eigenvalue weighted by molar-refractivity contribution is 5.13. The van der Waals surface area contributed by atoms with Crippen LogP contribution in [0.3, 0.4) is 0 Å². The van der Waals surface area contributed by atoms with Crippen LogP contribution >= 0.6 is 0 Å². The molecule has 2 rings (SSSR count). The molecule has 72 valence electrons. The molecule has 0 spiro atoms. The zero-order valence-electron chi connectivity index (χ0n) is 7.98. The normalized spacial score (nSPS) is 10.4. The van der Waals surface area contributed by atoms with Gasteiger partial charge >= 0.3 is 0 Å². The summed E-state index contributed by atoms with van der Waals surface area (Å²) in [5, 5.41) is 2.87. The quantitative estimate of drug-likeness (QED) is 0.715. The van der Waals surface area contributed by atoms with Crippen LogP contribution in [0, 0.1) is 13.8 Å². The maximum absolute atomic E-state index is 11.4. The van der Waals surface area contributed by atoms with Gasteiger partial charge in [-0.25, -0.2) is 9.97 Å². The number of aryl methyl sites for hydroxylation is 2. The third-order valence-corrected chi connectivity index (χ3v) is 1.83. The number of hydrogen-bond donors (Lipinski definition) is 1. The first-order valence-corrected chi connectivity index (χ1v) is 4.25. The van der Waals surface area contributed by atoms with Gasteiger partial charge in [-0.05, 0) is 19.9 Å². The third kappa shape index (κ3) is 1.44. The van der Waals surface area contributed by atoms with Crippen molar-refractivity contribution in [2.45, 2.75) is 13.8 Å². The second kappa shape index (κ2) is 3.10. The summed E-state index contributed by atoms with van der Waals surface area (Å²) in [5.74, 6) is 0.378. The van der Waals surface area contributed by atoms with Crippen LogP contribution in [0.1, 0.15) is 11.4 Å². The van der Waals surface area contributed by atoms with Crippen LogP contribution in [-0.2, 0) is 0 Å². The first kappa shape index (κ1) is 8.68. The number of aromatic nitrogens is 4. The monoisotopic (exact) mass is 190 g/mol. The molecule has 0 saturated carbocycles. The molecule has 0 bridgehead atoms. The topological polar surface area (TPSA) is 63.6 Å². The third-order valence-electron chi connectivity index (χ3n) is 1.83. The molecule has 0 atom stereocenters. The van der Waals surface area contributed by atoms with Gasteiger partial charge in [0.1, 0.15) is 0 Å². The molecule has 0 aliphatic heterocycles. The van der Waals surface area contributed by atoms with Crippen molar-refractivity contribution in [3.8, 4) is 5.95 Å². The minimum atomic E-state index is -0.145. The minimum Gasteiger partial charge on any atom is -0.293 e. The molecule has 0 radical (unpaired) electrons. The molecule has 2 heterocycles. The predicted molar refractivity (Wildman–Crippen MR) is 51.5 cm³/mol. The van der Waals surface area contributed by atoms with Crippen LogP contribution < -0.4 is 5.56 Å². The minimum absolute atomic E-state index is 0.145. The van der Waals surface area contributed by atoms with Gasteiger partial charge in [0.05, 0.1) is 0 Å². The molecule has 2 aromatic rings. The van der Waals surface area contributed by atoms with Gasteiger partial charge in [0, 0.05) is 23.7 Å². The molecular formula is C9H10N4O. The SMILES string of the molecule is Cc1ccnc(-n2[nH]c(C)cc2=O)n1. The Hall–Kier alpha value is -1.91. The van der Waals surface area contributed by atoms with Gasteiger partial charge in [-0.1, -0.05) is 0 Å². The van der Waals surface area contributed by atoms with Crippen LogP contribution in [0.4, 0.5) is 0 Å². The van der Waals surface area contributed by atoms with E-state index in [4.69, 9.17) is 0 Å². The number of aromatic amines is 1. The lowest BCUT2D eigenvalue weighted by molar-refractivity contribution is 0.768. The predicted octanol–water partition coefficient (Wildman–Crippen LogP) is 0.572. The molecular weight excluding hydrogens is 180 g/mol. The molecule has 14 heavy (non-hydrogen) atoms. The Morgan fingerprint density at radius 2 is 2.21 bits per heavy atom. The second-order valence-corrected chi connectivity index (χ2v) is 3.11. The van der Waals surface area contributed by atoms with Crippen LogP contribution in [0.5, 0.6) is 0 Å². The van der Waals surface area contributed by atoms with E-state index < -0.39 is 0 Å². The summed E-state index contributed by atoms with van der Waals surface area (Å²) < 4.78 is 1.32. The molecule has 0 fully saturated rings. The summed E-state index contributed by atoms with van der Waals surface area (Å²) in [6.45, 7) is 3.67. The van der Waals surface area contributed by atoms with E-state index in [0.29, 0.717) is 5.95 Å². The zero-order chi connectivity index (χ0) is 10.1. The Labute approximate surface area is 80.4 Å². The lowest BCUT2D eigenvalue weighted by Crippen LogP contribution is -2.16. The van der Waals surface area contributed by atoms with E-state index in [1.54, 1.807) is 12.3 Å². The average molecular weight is 190 g/mol. The largest absolute Gasteiger partial charge is 0.293 e. The first-order valence-electron chi connectivity index (χ1n) is 4.25. The molecule has 0 aromatic carbocycles. The molecule has 0 aliphatic rings. The molecule has 5 nitrogen and oxygen atoms in total. The van der Waals surface area contributed by atoms with Crippen LogP contribution in [0.25, 0.3) is 5.95 Å². The van der Waals surface area contributed by atoms with Crippen molar-refractivity contribution in [1.29, 1.82) is 0 Å². The number of nitrogens with zero attached hydrogens (tertiary/aromatic N) is 3. The summed E-state index contributed by atoms with van der Waals surface area (Å²) >= 11 is 0. The number of rotatable bonds is 1. The van der Waals surface area contributed by atoms with Crippen LogP contribution in [0.2, 0.25) is 0 Å². The van der Waals surface area contributed by atoms with Crippen molar-refractivity contribution in [3.05, 3.63) is 40.1 Å². The molecule has 5 heteroatoms. The van der Waals surface area contributed by atoms with Gasteiger partial charge in [-0.3, -0.25) is 9.89 Å². The summed E-state index contributed by atoms with van der Waals surface area (Å²) in [5.41, 5.74) is 1.47. The average Bonchev–Trinajstić information content (AvgIpc) is 2.45. The van der Waals surface area contributed by atoms with E-state index in [0.717, 1.165) is 11.4 Å². The van der Waals surface area contributed by atoms with Crippen molar-refractivity contribution in [1.82, 2.24) is 19.7 Å². The maximum atomic E-state index is 11.4. The van der Waals surface area contributed by atoms with E-state index in [9.17, 15) is 4.79 Å². The summed E-state index contributed by atoms with van der Waals surface area (Å²) in [7, 11) is 0. The highest BCUT2D eigenvalue weighted by Gasteiger charge is 2.04. The lowest BCUT2D eigenvalue weighted by atomic mass is 10.5. The standard InChI is InChI=1S/C9H10N4O/c1-6-3-4-10-9(11-6)13-8(14)5-7(2)12-13/h3-5,12H,1-2H3. The van der Waals surface area contributed by atoms with E-state index in [2.05, 4.69) is 15.1 Å². The molecule has 1 N–H and O–H groups in total. The van der Waals surface area contributed by atoms with Crippen LogP contribution in [-0.4, -0.2) is 19.7 Å². The summed E-state index contributed by atoms with van der Waals surface area (Å²) in [6.07, 6.45) is 1.63. The smallest absolute Gasteiger partial charge is 0.274 e. The van der Waals surface area contributed by atoms with Gasteiger partial charge < -0.3 is 0 Å². The number of H-pyrrole nitrogens is 1. The Balaban J connectivity index is 2.60. The zero-order valence-corrected chi connectivity index (χ0v) is 7.98. The number of hydrogen-bond acceptors (Lipinski definition) is 3. The fraction of sp³-hybridized carbons (Fsp3) is 0.222. The van der Waals surface area contributed by atoms with E-state index in [-0.39, 0.29) is 5.56 Å². The van der Waals surface area contributed by atoms with Gasteiger partial charge in [-0.2, -0.15) is 4.68 Å². The van der Waals surface area contributed by atoms with Crippen LogP contribution in [0.15, 0.2) is 23.1 Å².